The molecule has 2 heteroatoms. The van der Waals surface area contributed by atoms with Crippen LogP contribution >= 0.6 is 0 Å². The summed E-state index contributed by atoms with van der Waals surface area (Å²) in [6, 6.07) is 0. The van der Waals surface area contributed by atoms with Gasteiger partial charge in [0.15, 0.2) is 0 Å². The number of nitrogens with two attached hydrogens (primary N) is 2. The van der Waals surface area contributed by atoms with Crippen LogP contribution in [-0.4, -0.2) is 13.1 Å². The Balaban J connectivity index is 3.66. The van der Waals surface area contributed by atoms with Gasteiger partial charge in [0.05, 0.1) is 0 Å². The maximum absolute atomic E-state index is 5.61. The Kier molecular flexibility index (Phi) is 10.4. The van der Waals surface area contributed by atoms with Crippen molar-refractivity contribution in [3.63, 3.8) is 0 Å². The molecule has 0 bridgehead atoms. The first-order valence-electron chi connectivity index (χ1n) is 6.68. The van der Waals surface area contributed by atoms with E-state index in [0.29, 0.717) is 0 Å². The van der Waals surface area contributed by atoms with E-state index in [1.54, 1.807) is 0 Å². The van der Waals surface area contributed by atoms with E-state index in [-0.39, 0.29) is 0 Å². The predicted molar refractivity (Wildman–Crippen MR) is 68.8 cm³/mol. The molecular formula is C13H30N2. The number of hydrogen-bond donors (Lipinski definition) is 2. The van der Waals surface area contributed by atoms with Crippen molar-refractivity contribution >= 4 is 0 Å². The normalized spacial score (nSPS) is 15.2. The third-order valence-corrected chi connectivity index (χ3v) is 3.53. The largest absolute Gasteiger partial charge is 0.330 e. The lowest BCUT2D eigenvalue weighted by atomic mass is 9.88. The van der Waals surface area contributed by atoms with Gasteiger partial charge in [-0.25, -0.2) is 0 Å². The minimum atomic E-state index is 0.844. The lowest BCUT2D eigenvalue weighted by Crippen LogP contribution is -2.11. The molecule has 0 aliphatic heterocycles. The van der Waals surface area contributed by atoms with Gasteiger partial charge in [-0.15, -0.1) is 0 Å². The highest BCUT2D eigenvalue weighted by Gasteiger charge is 2.10. The fraction of sp³-hybridized carbons (Fsp3) is 1.00. The Morgan fingerprint density at radius 3 is 1.67 bits per heavy atom. The summed E-state index contributed by atoms with van der Waals surface area (Å²) in [5.74, 6) is 1.74. The SMILES string of the molecule is CCC(CCN)CCC(CC)CCCN. The quantitative estimate of drug-likeness (QED) is 0.587. The Morgan fingerprint density at radius 1 is 0.733 bits per heavy atom. The van der Waals surface area contributed by atoms with Crippen LogP contribution in [-0.2, 0) is 0 Å². The molecule has 0 fully saturated rings. The van der Waals surface area contributed by atoms with Gasteiger partial charge < -0.3 is 11.5 Å². The third-order valence-electron chi connectivity index (χ3n) is 3.53. The van der Waals surface area contributed by atoms with Crippen LogP contribution in [0.4, 0.5) is 0 Å². The second-order valence-corrected chi connectivity index (χ2v) is 4.63. The van der Waals surface area contributed by atoms with Gasteiger partial charge in [0, 0.05) is 0 Å². The maximum atomic E-state index is 5.61. The summed E-state index contributed by atoms with van der Waals surface area (Å²) in [4.78, 5) is 0. The molecule has 0 rings (SSSR count). The van der Waals surface area contributed by atoms with Crippen LogP contribution in [0.2, 0.25) is 0 Å². The molecule has 2 atom stereocenters. The smallest absolute Gasteiger partial charge is 0.00746 e. The van der Waals surface area contributed by atoms with Gasteiger partial charge in [0.2, 0.25) is 0 Å². The minimum Gasteiger partial charge on any atom is -0.330 e. The molecule has 0 saturated carbocycles. The van der Waals surface area contributed by atoms with Crippen LogP contribution in [0, 0.1) is 11.8 Å². The molecular weight excluding hydrogens is 184 g/mol. The molecule has 0 aromatic carbocycles. The summed E-state index contributed by atoms with van der Waals surface area (Å²) in [5, 5.41) is 0. The first-order chi connectivity index (χ1) is 7.28. The average molecular weight is 214 g/mol. The fourth-order valence-electron chi connectivity index (χ4n) is 2.22. The molecule has 0 saturated heterocycles. The van der Waals surface area contributed by atoms with E-state index in [2.05, 4.69) is 13.8 Å². The molecule has 0 heterocycles. The Morgan fingerprint density at radius 2 is 1.27 bits per heavy atom. The van der Waals surface area contributed by atoms with Gasteiger partial charge in [-0.1, -0.05) is 39.5 Å². The van der Waals surface area contributed by atoms with Gasteiger partial charge in [-0.2, -0.15) is 0 Å². The molecule has 0 amide bonds. The van der Waals surface area contributed by atoms with E-state index in [4.69, 9.17) is 11.5 Å². The van der Waals surface area contributed by atoms with Crippen LogP contribution in [0.15, 0.2) is 0 Å². The molecule has 0 aromatic rings. The van der Waals surface area contributed by atoms with Crippen molar-refractivity contribution in [2.45, 2.75) is 58.8 Å². The molecule has 15 heavy (non-hydrogen) atoms. The molecule has 0 spiro atoms. The monoisotopic (exact) mass is 214 g/mol. The van der Waals surface area contributed by atoms with Crippen molar-refractivity contribution in [3.05, 3.63) is 0 Å². The van der Waals surface area contributed by atoms with Gasteiger partial charge >= 0.3 is 0 Å². The van der Waals surface area contributed by atoms with E-state index in [1.807, 2.05) is 0 Å². The summed E-state index contributed by atoms with van der Waals surface area (Å²) < 4.78 is 0. The molecule has 0 radical (unpaired) electrons. The fourth-order valence-corrected chi connectivity index (χ4v) is 2.22. The van der Waals surface area contributed by atoms with E-state index >= 15 is 0 Å². The molecule has 0 aromatic heterocycles. The lowest BCUT2D eigenvalue weighted by Gasteiger charge is -2.18. The van der Waals surface area contributed by atoms with Gasteiger partial charge in [-0.3, -0.25) is 0 Å². The summed E-state index contributed by atoms with van der Waals surface area (Å²) in [6.45, 7) is 6.26. The van der Waals surface area contributed by atoms with Crippen molar-refractivity contribution in [1.82, 2.24) is 0 Å². The summed E-state index contributed by atoms with van der Waals surface area (Å²) in [7, 11) is 0. The minimum absolute atomic E-state index is 0.844. The number of rotatable bonds is 10. The van der Waals surface area contributed by atoms with Crippen molar-refractivity contribution in [2.75, 3.05) is 13.1 Å². The van der Waals surface area contributed by atoms with Crippen molar-refractivity contribution in [1.29, 1.82) is 0 Å². The lowest BCUT2D eigenvalue weighted by molar-refractivity contribution is 0.347. The summed E-state index contributed by atoms with van der Waals surface area (Å²) >= 11 is 0. The average Bonchev–Trinajstić information content (AvgIpc) is 2.27. The molecule has 2 unspecified atom stereocenters. The van der Waals surface area contributed by atoms with E-state index in [0.717, 1.165) is 24.9 Å². The van der Waals surface area contributed by atoms with E-state index in [9.17, 15) is 0 Å². The van der Waals surface area contributed by atoms with Crippen molar-refractivity contribution < 1.29 is 0 Å². The highest BCUT2D eigenvalue weighted by molar-refractivity contribution is 4.64. The standard InChI is InChI=1S/C13H30N2/c1-3-12(6-5-10-14)7-8-13(4-2)9-11-15/h12-13H,3-11,14-15H2,1-2H3. The van der Waals surface area contributed by atoms with E-state index in [1.165, 1.54) is 44.9 Å². The Hall–Kier alpha value is -0.0800. The zero-order valence-corrected chi connectivity index (χ0v) is 10.7. The third kappa shape index (κ3) is 7.80. The first-order valence-corrected chi connectivity index (χ1v) is 6.68. The first kappa shape index (κ1) is 14.9. The maximum Gasteiger partial charge on any atom is -0.00746 e. The molecule has 0 aliphatic carbocycles. The molecule has 2 nitrogen and oxygen atoms in total. The van der Waals surface area contributed by atoms with Crippen LogP contribution in [0.25, 0.3) is 0 Å². The highest BCUT2D eigenvalue weighted by atomic mass is 14.5. The summed E-state index contributed by atoms with van der Waals surface area (Å²) in [6.07, 6.45) is 9.01. The molecule has 92 valence electrons. The molecule has 4 N–H and O–H groups in total. The Labute approximate surface area is 95.8 Å². The van der Waals surface area contributed by atoms with E-state index < -0.39 is 0 Å². The van der Waals surface area contributed by atoms with Gasteiger partial charge in [0.25, 0.3) is 0 Å². The topological polar surface area (TPSA) is 52.0 Å². The number of hydrogen-bond acceptors (Lipinski definition) is 2. The van der Waals surface area contributed by atoms with Crippen LogP contribution < -0.4 is 11.5 Å². The second kappa shape index (κ2) is 10.4. The highest BCUT2D eigenvalue weighted by Crippen LogP contribution is 2.23. The zero-order valence-electron chi connectivity index (χ0n) is 10.7. The second-order valence-electron chi connectivity index (χ2n) is 4.63. The van der Waals surface area contributed by atoms with Crippen LogP contribution in [0.3, 0.4) is 0 Å². The van der Waals surface area contributed by atoms with Crippen LogP contribution in [0.1, 0.15) is 58.8 Å². The van der Waals surface area contributed by atoms with Gasteiger partial charge in [0.1, 0.15) is 0 Å². The Bertz CT molecular complexity index is 126. The predicted octanol–water partition coefficient (Wildman–Crippen LogP) is 2.91. The summed E-state index contributed by atoms with van der Waals surface area (Å²) in [5.41, 5.74) is 11.2. The molecule has 0 aliphatic rings. The van der Waals surface area contributed by atoms with Gasteiger partial charge in [-0.05, 0) is 44.2 Å². The van der Waals surface area contributed by atoms with Crippen molar-refractivity contribution in [2.24, 2.45) is 23.3 Å². The van der Waals surface area contributed by atoms with Crippen LogP contribution in [0.5, 0.6) is 0 Å². The zero-order chi connectivity index (χ0) is 11.5. The van der Waals surface area contributed by atoms with Crippen molar-refractivity contribution in [3.8, 4) is 0 Å².